The van der Waals surface area contributed by atoms with E-state index in [-0.39, 0.29) is 11.8 Å². The molecule has 15 heavy (non-hydrogen) atoms. The lowest BCUT2D eigenvalue weighted by atomic mass is 9.75. The Kier molecular flexibility index (Phi) is 2.04. The average Bonchev–Trinajstić information content (AvgIpc) is 3.03. The van der Waals surface area contributed by atoms with Gasteiger partial charge in [0, 0.05) is 18.5 Å². The molecule has 1 amide bonds. The number of rotatable bonds is 2. The van der Waals surface area contributed by atoms with Crippen molar-refractivity contribution >= 4 is 5.91 Å². The molecule has 3 aliphatic heterocycles. The van der Waals surface area contributed by atoms with Gasteiger partial charge in [-0.25, -0.2) is 0 Å². The molecule has 2 bridgehead atoms. The Labute approximate surface area is 89.6 Å². The van der Waals surface area contributed by atoms with Gasteiger partial charge < -0.3 is 10.4 Å². The number of fused-ring (bicyclic) bond motifs is 3. The summed E-state index contributed by atoms with van der Waals surface area (Å²) in [5, 5.41) is 13.4. The number of carbonyl (C=O) groups excluding carboxylic acids is 1. The molecule has 4 aliphatic rings. The van der Waals surface area contributed by atoms with E-state index < -0.39 is 5.60 Å². The average molecular weight is 210 g/mol. The minimum atomic E-state index is -1.10. The molecule has 4 fully saturated rings. The van der Waals surface area contributed by atoms with Crippen molar-refractivity contribution in [2.45, 2.75) is 37.3 Å². The smallest absolute Gasteiger partial charge is 0.253 e. The number of hydrogen-bond donors (Lipinski definition) is 2. The van der Waals surface area contributed by atoms with E-state index in [4.69, 9.17) is 0 Å². The lowest BCUT2D eigenvalue weighted by molar-refractivity contribution is -0.162. The van der Waals surface area contributed by atoms with Gasteiger partial charge >= 0.3 is 0 Å². The van der Waals surface area contributed by atoms with Crippen molar-refractivity contribution < 1.29 is 9.90 Å². The number of carbonyl (C=O) groups is 1. The van der Waals surface area contributed by atoms with Crippen molar-refractivity contribution in [3.05, 3.63) is 0 Å². The predicted molar refractivity (Wildman–Crippen MR) is 55.3 cm³/mol. The van der Waals surface area contributed by atoms with Crippen molar-refractivity contribution in [3.63, 3.8) is 0 Å². The van der Waals surface area contributed by atoms with Gasteiger partial charge in [0.25, 0.3) is 5.91 Å². The van der Waals surface area contributed by atoms with Crippen LogP contribution in [0.4, 0.5) is 0 Å². The first-order valence-corrected chi connectivity index (χ1v) is 5.94. The van der Waals surface area contributed by atoms with Crippen molar-refractivity contribution in [2.24, 2.45) is 5.92 Å². The van der Waals surface area contributed by atoms with E-state index in [1.165, 1.54) is 0 Å². The molecule has 2 N–H and O–H groups in total. The molecule has 4 nitrogen and oxygen atoms in total. The van der Waals surface area contributed by atoms with Gasteiger partial charge in [0.2, 0.25) is 0 Å². The molecule has 0 radical (unpaired) electrons. The summed E-state index contributed by atoms with van der Waals surface area (Å²) in [5.41, 5.74) is -1.10. The standard InChI is InChI=1S/C11H18N2O2/c14-10(12-9-1-2-9)11(15)7-13-5-3-8(11)4-6-13/h8-9,15H,1-7H2,(H,12,14). The van der Waals surface area contributed by atoms with Crippen LogP contribution in [0.15, 0.2) is 0 Å². The molecule has 0 spiro atoms. The molecule has 4 rings (SSSR count). The first-order valence-electron chi connectivity index (χ1n) is 5.94. The summed E-state index contributed by atoms with van der Waals surface area (Å²) in [4.78, 5) is 14.2. The van der Waals surface area contributed by atoms with Crippen LogP contribution in [0.1, 0.15) is 25.7 Å². The Morgan fingerprint density at radius 2 is 1.93 bits per heavy atom. The minimum absolute atomic E-state index is 0.126. The fourth-order valence-electron chi connectivity index (χ4n) is 2.83. The van der Waals surface area contributed by atoms with Gasteiger partial charge in [-0.15, -0.1) is 0 Å². The Morgan fingerprint density at radius 3 is 2.40 bits per heavy atom. The van der Waals surface area contributed by atoms with Crippen molar-refractivity contribution in [3.8, 4) is 0 Å². The van der Waals surface area contributed by atoms with E-state index in [1.807, 2.05) is 0 Å². The molecule has 1 unspecified atom stereocenters. The monoisotopic (exact) mass is 210 g/mol. The topological polar surface area (TPSA) is 52.6 Å². The van der Waals surface area contributed by atoms with Crippen LogP contribution in [0.3, 0.4) is 0 Å². The van der Waals surface area contributed by atoms with Crippen LogP contribution in [0.25, 0.3) is 0 Å². The van der Waals surface area contributed by atoms with Crippen LogP contribution in [0.5, 0.6) is 0 Å². The third-order valence-electron chi connectivity index (χ3n) is 4.03. The van der Waals surface area contributed by atoms with Gasteiger partial charge in [-0.05, 0) is 38.8 Å². The van der Waals surface area contributed by atoms with E-state index in [9.17, 15) is 9.90 Å². The zero-order valence-electron chi connectivity index (χ0n) is 8.91. The normalized spacial score (nSPS) is 44.1. The molecule has 0 aromatic rings. The first-order chi connectivity index (χ1) is 7.18. The van der Waals surface area contributed by atoms with E-state index in [0.29, 0.717) is 12.6 Å². The molecule has 0 aromatic heterocycles. The molecule has 1 saturated carbocycles. The number of piperidine rings is 3. The minimum Gasteiger partial charge on any atom is -0.378 e. The van der Waals surface area contributed by atoms with E-state index in [2.05, 4.69) is 10.2 Å². The van der Waals surface area contributed by atoms with Crippen LogP contribution < -0.4 is 5.32 Å². The molecule has 4 heteroatoms. The maximum Gasteiger partial charge on any atom is 0.253 e. The molecule has 0 aromatic carbocycles. The predicted octanol–water partition coefficient (Wildman–Crippen LogP) is -0.278. The Balaban J connectivity index is 1.73. The summed E-state index contributed by atoms with van der Waals surface area (Å²) < 4.78 is 0. The highest BCUT2D eigenvalue weighted by Gasteiger charge is 2.51. The van der Waals surface area contributed by atoms with Crippen molar-refractivity contribution in [1.29, 1.82) is 0 Å². The number of nitrogens with zero attached hydrogens (tertiary/aromatic N) is 1. The molecule has 3 heterocycles. The van der Waals surface area contributed by atoms with Crippen LogP contribution >= 0.6 is 0 Å². The van der Waals surface area contributed by atoms with Crippen LogP contribution in [0, 0.1) is 5.92 Å². The third kappa shape index (κ3) is 1.56. The fraction of sp³-hybridized carbons (Fsp3) is 0.909. The first kappa shape index (κ1) is 9.60. The summed E-state index contributed by atoms with van der Waals surface area (Å²) in [6, 6.07) is 0.344. The lowest BCUT2D eigenvalue weighted by Gasteiger charge is -2.49. The van der Waals surface area contributed by atoms with E-state index in [0.717, 1.165) is 38.8 Å². The Hall–Kier alpha value is -0.610. The van der Waals surface area contributed by atoms with Crippen molar-refractivity contribution in [1.82, 2.24) is 10.2 Å². The Morgan fingerprint density at radius 1 is 1.27 bits per heavy atom. The number of aliphatic hydroxyl groups is 1. The second kappa shape index (κ2) is 3.19. The van der Waals surface area contributed by atoms with Crippen molar-refractivity contribution in [2.75, 3.05) is 19.6 Å². The third-order valence-corrected chi connectivity index (χ3v) is 4.03. The highest BCUT2D eigenvalue weighted by molar-refractivity contribution is 5.86. The summed E-state index contributed by atoms with van der Waals surface area (Å²) >= 11 is 0. The van der Waals surface area contributed by atoms with Gasteiger partial charge in [-0.1, -0.05) is 0 Å². The lowest BCUT2D eigenvalue weighted by Crippen LogP contribution is -2.65. The highest BCUT2D eigenvalue weighted by Crippen LogP contribution is 2.36. The molecule has 1 atom stereocenters. The molecule has 3 saturated heterocycles. The maximum atomic E-state index is 12.0. The molecule has 84 valence electrons. The molecular weight excluding hydrogens is 192 g/mol. The van der Waals surface area contributed by atoms with Gasteiger partial charge in [-0.3, -0.25) is 9.69 Å². The SMILES string of the molecule is O=C(NC1CC1)C1(O)CN2CCC1CC2. The van der Waals surface area contributed by atoms with Gasteiger partial charge in [0.05, 0.1) is 0 Å². The zero-order chi connectivity index (χ0) is 10.5. The molecule has 1 aliphatic carbocycles. The Bertz CT molecular complexity index is 282. The van der Waals surface area contributed by atoms with Crippen LogP contribution in [-0.2, 0) is 4.79 Å². The maximum absolute atomic E-state index is 12.0. The zero-order valence-corrected chi connectivity index (χ0v) is 8.91. The summed E-state index contributed by atoms with van der Waals surface area (Å²) in [6.07, 6.45) is 4.09. The summed E-state index contributed by atoms with van der Waals surface area (Å²) in [5.74, 6) is 0.0562. The quantitative estimate of drug-likeness (QED) is 0.659. The number of amides is 1. The van der Waals surface area contributed by atoms with Crippen LogP contribution in [0.2, 0.25) is 0 Å². The second-order valence-electron chi connectivity index (χ2n) is 5.22. The number of hydrogen-bond acceptors (Lipinski definition) is 3. The summed E-state index contributed by atoms with van der Waals surface area (Å²) in [7, 11) is 0. The summed E-state index contributed by atoms with van der Waals surface area (Å²) in [6.45, 7) is 2.63. The van der Waals surface area contributed by atoms with Gasteiger partial charge in [0.1, 0.15) is 0 Å². The fourth-order valence-corrected chi connectivity index (χ4v) is 2.83. The van der Waals surface area contributed by atoms with Gasteiger partial charge in [-0.2, -0.15) is 0 Å². The van der Waals surface area contributed by atoms with E-state index in [1.54, 1.807) is 0 Å². The highest BCUT2D eigenvalue weighted by atomic mass is 16.3. The number of nitrogens with one attached hydrogen (secondary N) is 1. The second-order valence-corrected chi connectivity index (χ2v) is 5.22. The van der Waals surface area contributed by atoms with Gasteiger partial charge in [0.15, 0.2) is 5.60 Å². The van der Waals surface area contributed by atoms with Crippen LogP contribution in [-0.4, -0.2) is 47.2 Å². The molecular formula is C11H18N2O2. The largest absolute Gasteiger partial charge is 0.378 e. The van der Waals surface area contributed by atoms with E-state index >= 15 is 0 Å².